The van der Waals surface area contributed by atoms with Crippen molar-refractivity contribution in [2.75, 3.05) is 24.7 Å². The molecule has 16 heteroatoms. The van der Waals surface area contributed by atoms with Gasteiger partial charge in [0.25, 0.3) is 0 Å². The van der Waals surface area contributed by atoms with E-state index in [0.717, 1.165) is 36.1 Å². The lowest BCUT2D eigenvalue weighted by Crippen LogP contribution is -2.62. The van der Waals surface area contributed by atoms with Gasteiger partial charge in [-0.15, -0.1) is 0 Å². The molecule has 9 atom stereocenters. The first-order valence-electron chi connectivity index (χ1n) is 17.6. The minimum absolute atomic E-state index is 0.0186. The van der Waals surface area contributed by atoms with Crippen molar-refractivity contribution in [1.82, 2.24) is 5.32 Å². The normalized spacial score (nSPS) is 26.6. The third-order valence-electron chi connectivity index (χ3n) is 8.86. The van der Waals surface area contributed by atoms with Crippen LogP contribution < -0.4 is 5.32 Å². The van der Waals surface area contributed by atoms with E-state index in [4.69, 9.17) is 45.4 Å². The fourth-order valence-corrected chi connectivity index (χ4v) is 7.45. The van der Waals surface area contributed by atoms with E-state index in [9.17, 15) is 29.4 Å². The predicted octanol–water partition coefficient (Wildman–Crippen LogP) is 3.63. The molecule has 54 heavy (non-hydrogen) atoms. The number of thiocarbonyl (C=S) groups is 1. The van der Waals surface area contributed by atoms with Crippen LogP contribution in [0.3, 0.4) is 0 Å². The van der Waals surface area contributed by atoms with Gasteiger partial charge in [-0.2, -0.15) is 11.8 Å². The Morgan fingerprint density at radius 2 is 1.31 bits per heavy atom. The van der Waals surface area contributed by atoms with Crippen molar-refractivity contribution < 1.29 is 62.5 Å². The number of hydrogen-bond donors (Lipinski definition) is 3. The highest BCUT2D eigenvalue weighted by atomic mass is 32.2. The van der Waals surface area contributed by atoms with E-state index in [-0.39, 0.29) is 44.4 Å². The standard InChI is InChI=1S/C38H49NO13S2/c1-21-32(20-54-15-14-40)51-38(52-34(21)28-10-8-27(18-41)9-11-28)29-12-6-26(7-13-29)17-39-33(53)16-30-35(47-23(3)43)37(49-25(5)45)36(48-24(4)44)31(50-30)19-46-22(2)42/h6-13,21,30-32,34-38,40-41H,14-20H2,1-5H3,(H,39,53). The summed E-state index contributed by atoms with van der Waals surface area (Å²) in [4.78, 5) is 48.3. The van der Waals surface area contributed by atoms with Gasteiger partial charge < -0.3 is 48.7 Å². The zero-order valence-electron chi connectivity index (χ0n) is 31.0. The summed E-state index contributed by atoms with van der Waals surface area (Å²) in [5, 5.41) is 22.0. The van der Waals surface area contributed by atoms with E-state index in [2.05, 4.69) is 12.2 Å². The van der Waals surface area contributed by atoms with Crippen LogP contribution in [0.25, 0.3) is 0 Å². The highest BCUT2D eigenvalue weighted by Gasteiger charge is 2.52. The van der Waals surface area contributed by atoms with Gasteiger partial charge in [0.2, 0.25) is 0 Å². The van der Waals surface area contributed by atoms with E-state index < -0.39 is 60.7 Å². The van der Waals surface area contributed by atoms with Gasteiger partial charge in [0, 0.05) is 63.6 Å². The van der Waals surface area contributed by atoms with Crippen LogP contribution in [-0.2, 0) is 65.5 Å². The molecule has 9 unspecified atom stereocenters. The van der Waals surface area contributed by atoms with Gasteiger partial charge in [-0.25, -0.2) is 0 Å². The second-order valence-electron chi connectivity index (χ2n) is 13.1. The molecular formula is C38H49NO13S2. The molecule has 296 valence electrons. The molecule has 2 aliphatic rings. The van der Waals surface area contributed by atoms with E-state index in [0.29, 0.717) is 23.0 Å². The molecule has 0 spiro atoms. The van der Waals surface area contributed by atoms with Crippen molar-refractivity contribution in [3.05, 3.63) is 70.8 Å². The monoisotopic (exact) mass is 791 g/mol. The van der Waals surface area contributed by atoms with Gasteiger partial charge in [0.05, 0.1) is 30.4 Å². The topological polar surface area (TPSA) is 185 Å². The van der Waals surface area contributed by atoms with Crippen molar-refractivity contribution in [3.63, 3.8) is 0 Å². The fourth-order valence-electron chi connectivity index (χ4n) is 6.30. The van der Waals surface area contributed by atoms with E-state index in [1.165, 1.54) is 13.8 Å². The molecule has 4 rings (SSSR count). The molecule has 0 aromatic heterocycles. The summed E-state index contributed by atoms with van der Waals surface area (Å²) < 4.78 is 40.8. The molecule has 2 aromatic carbocycles. The van der Waals surface area contributed by atoms with Gasteiger partial charge >= 0.3 is 23.9 Å². The van der Waals surface area contributed by atoms with Crippen LogP contribution >= 0.6 is 24.0 Å². The number of benzene rings is 2. The van der Waals surface area contributed by atoms with Crippen LogP contribution in [0.15, 0.2) is 48.5 Å². The highest BCUT2D eigenvalue weighted by Crippen LogP contribution is 2.42. The van der Waals surface area contributed by atoms with Crippen LogP contribution in [-0.4, -0.2) is 100 Å². The summed E-state index contributed by atoms with van der Waals surface area (Å²) in [6, 6.07) is 15.4. The molecule has 0 amide bonds. The van der Waals surface area contributed by atoms with Gasteiger partial charge in [-0.3, -0.25) is 19.2 Å². The Labute approximate surface area is 324 Å². The quantitative estimate of drug-likeness (QED) is 0.0968. The third-order valence-corrected chi connectivity index (χ3v) is 10.2. The maximum absolute atomic E-state index is 12.2. The van der Waals surface area contributed by atoms with Crippen molar-refractivity contribution >= 4 is 52.8 Å². The number of aliphatic hydroxyl groups excluding tert-OH is 2. The summed E-state index contributed by atoms with van der Waals surface area (Å²) in [7, 11) is 0. The predicted molar refractivity (Wildman–Crippen MR) is 200 cm³/mol. The van der Waals surface area contributed by atoms with Crippen LogP contribution in [0.1, 0.15) is 75.7 Å². The highest BCUT2D eigenvalue weighted by molar-refractivity contribution is 7.99. The van der Waals surface area contributed by atoms with Crippen molar-refractivity contribution in [3.8, 4) is 0 Å². The summed E-state index contributed by atoms with van der Waals surface area (Å²) in [6.07, 6.45) is -6.78. The Bertz CT molecular complexity index is 1570. The summed E-state index contributed by atoms with van der Waals surface area (Å²) >= 11 is 7.28. The maximum atomic E-state index is 12.2. The van der Waals surface area contributed by atoms with Crippen LogP contribution in [0.2, 0.25) is 0 Å². The number of nitrogens with one attached hydrogen (secondary N) is 1. The molecule has 0 bridgehead atoms. The van der Waals surface area contributed by atoms with Crippen LogP contribution in [0.5, 0.6) is 0 Å². The molecule has 2 aromatic rings. The number of esters is 4. The molecule has 14 nitrogen and oxygen atoms in total. The van der Waals surface area contributed by atoms with Gasteiger partial charge in [-0.05, 0) is 16.7 Å². The summed E-state index contributed by atoms with van der Waals surface area (Å²) in [5.41, 5.74) is 3.50. The number of thioether (sulfide) groups is 1. The summed E-state index contributed by atoms with van der Waals surface area (Å²) in [5.74, 6) is -1.40. The third kappa shape index (κ3) is 12.4. The molecule has 2 aliphatic heterocycles. The fraction of sp³-hybridized carbons (Fsp3) is 0.553. The number of ether oxygens (including phenoxy) is 7. The average Bonchev–Trinajstić information content (AvgIpc) is 3.13. The minimum atomic E-state index is -1.27. The van der Waals surface area contributed by atoms with Crippen molar-refractivity contribution in [1.29, 1.82) is 0 Å². The number of carbonyl (C=O) groups is 4. The largest absolute Gasteiger partial charge is 0.463 e. The van der Waals surface area contributed by atoms with E-state index in [1.807, 2.05) is 48.5 Å². The Hall–Kier alpha value is -3.64. The Morgan fingerprint density at radius 1 is 0.741 bits per heavy atom. The van der Waals surface area contributed by atoms with Gasteiger partial charge in [0.15, 0.2) is 24.6 Å². The first kappa shape index (κ1) is 43.1. The Kier molecular flexibility index (Phi) is 16.7. The Morgan fingerprint density at radius 3 is 1.89 bits per heavy atom. The zero-order chi connectivity index (χ0) is 39.4. The molecule has 2 fully saturated rings. The van der Waals surface area contributed by atoms with E-state index >= 15 is 0 Å². The van der Waals surface area contributed by atoms with Crippen molar-refractivity contribution in [2.24, 2.45) is 5.92 Å². The van der Waals surface area contributed by atoms with Gasteiger partial charge in [0.1, 0.15) is 18.8 Å². The average molecular weight is 792 g/mol. The summed E-state index contributed by atoms with van der Waals surface area (Å²) in [6.45, 7) is 6.84. The molecule has 0 aliphatic carbocycles. The minimum Gasteiger partial charge on any atom is -0.463 e. The molecule has 2 heterocycles. The molecule has 3 N–H and O–H groups in total. The first-order valence-corrected chi connectivity index (χ1v) is 19.2. The first-order chi connectivity index (χ1) is 25.8. The lowest BCUT2D eigenvalue weighted by atomic mass is 9.91. The van der Waals surface area contributed by atoms with Gasteiger partial charge in [-0.1, -0.05) is 67.7 Å². The number of hydrogen-bond acceptors (Lipinski definition) is 15. The van der Waals surface area contributed by atoms with Crippen LogP contribution in [0.4, 0.5) is 0 Å². The SMILES string of the molecule is CC(=O)OCC1OC(CC(=S)NCc2ccc(C3OC(CSCCO)C(C)C(c4ccc(CO)cc4)O3)cc2)C(OC(C)=O)C(OC(C)=O)C1OC(C)=O. The van der Waals surface area contributed by atoms with Crippen molar-refractivity contribution in [2.45, 2.75) is 103 Å². The van der Waals surface area contributed by atoms with Crippen LogP contribution in [0, 0.1) is 5.92 Å². The molecule has 2 saturated heterocycles. The molecule has 0 saturated carbocycles. The Balaban J connectivity index is 1.46. The lowest BCUT2D eigenvalue weighted by molar-refractivity contribution is -0.268. The number of carbonyl (C=O) groups excluding carboxylic acids is 4. The number of aliphatic hydroxyl groups is 2. The number of rotatable bonds is 16. The molecule has 0 radical (unpaired) electrons. The maximum Gasteiger partial charge on any atom is 0.303 e. The zero-order valence-corrected chi connectivity index (χ0v) is 32.6. The second kappa shape index (κ2) is 20.9. The molecular weight excluding hydrogens is 743 g/mol. The smallest absolute Gasteiger partial charge is 0.303 e. The van der Waals surface area contributed by atoms with E-state index in [1.54, 1.807) is 11.8 Å². The second-order valence-corrected chi connectivity index (χ2v) is 14.7. The lowest BCUT2D eigenvalue weighted by Gasteiger charge is -2.44.